The summed E-state index contributed by atoms with van der Waals surface area (Å²) >= 11 is 7.64. The van der Waals surface area contributed by atoms with Gasteiger partial charge in [-0.05, 0) is 34.6 Å². The highest BCUT2D eigenvalue weighted by atomic mass is 35.5. The number of fused-ring (bicyclic) bond motifs is 1. The molecule has 0 aliphatic carbocycles. The Hall–Kier alpha value is -0.450. The second-order valence-electron chi connectivity index (χ2n) is 4.19. The molecule has 0 amide bonds. The molecular weight excluding hydrogens is 276 g/mol. The van der Waals surface area contributed by atoms with E-state index in [1.165, 1.54) is 5.41 Å². The third kappa shape index (κ3) is 2.69. The van der Waals surface area contributed by atoms with Crippen molar-refractivity contribution in [2.75, 3.05) is 5.75 Å². The van der Waals surface area contributed by atoms with Crippen LogP contribution in [-0.4, -0.2) is 19.4 Å². The van der Waals surface area contributed by atoms with Crippen LogP contribution in [0.25, 0.3) is 5.57 Å². The van der Waals surface area contributed by atoms with Crippen molar-refractivity contribution in [3.8, 4) is 0 Å². The van der Waals surface area contributed by atoms with Crippen LogP contribution in [0.1, 0.15) is 19.4 Å². The summed E-state index contributed by atoms with van der Waals surface area (Å²) in [6.07, 6.45) is 0. The van der Waals surface area contributed by atoms with Gasteiger partial charge in [-0.3, -0.25) is 0 Å². The van der Waals surface area contributed by atoms with Crippen LogP contribution in [0.2, 0.25) is 5.02 Å². The molecule has 0 saturated carbocycles. The van der Waals surface area contributed by atoms with Crippen LogP contribution in [0.3, 0.4) is 0 Å². The molecule has 1 aliphatic heterocycles. The minimum Gasteiger partial charge on any atom is -0.219 e. The zero-order valence-electron chi connectivity index (χ0n) is 9.60. The van der Waals surface area contributed by atoms with Crippen molar-refractivity contribution in [3.05, 3.63) is 34.2 Å². The molecule has 0 atom stereocenters. The molecule has 2 rings (SSSR count). The number of hydrogen-bond donors (Lipinski definition) is 0. The van der Waals surface area contributed by atoms with Crippen molar-refractivity contribution in [1.29, 1.82) is 0 Å². The first kappa shape index (κ1) is 13.0. The molecule has 0 bridgehead atoms. The van der Waals surface area contributed by atoms with Gasteiger partial charge in [0, 0.05) is 16.2 Å². The Morgan fingerprint density at radius 3 is 2.71 bits per heavy atom. The van der Waals surface area contributed by atoms with Gasteiger partial charge in [-0.15, -0.1) is 0 Å². The Labute approximate surface area is 111 Å². The lowest BCUT2D eigenvalue weighted by molar-refractivity contribution is 0.605. The third-order valence-electron chi connectivity index (χ3n) is 2.46. The Kier molecular flexibility index (Phi) is 3.57. The van der Waals surface area contributed by atoms with Gasteiger partial charge in [-0.1, -0.05) is 25.4 Å². The van der Waals surface area contributed by atoms with Crippen LogP contribution >= 0.6 is 23.4 Å². The van der Waals surface area contributed by atoms with Crippen molar-refractivity contribution in [2.24, 2.45) is 0 Å². The topological polar surface area (TPSA) is 34.1 Å². The molecule has 0 unspecified atom stereocenters. The highest BCUT2D eigenvalue weighted by molar-refractivity contribution is 8.00. The first-order valence-corrected chi connectivity index (χ1v) is 8.24. The molecule has 1 aromatic rings. The normalized spacial score (nSPS) is 17.1. The maximum absolute atomic E-state index is 11.9. The van der Waals surface area contributed by atoms with Gasteiger partial charge in [0.05, 0.1) is 4.90 Å². The maximum Gasteiger partial charge on any atom is 0.200 e. The first-order chi connectivity index (χ1) is 7.90. The smallest absolute Gasteiger partial charge is 0.200 e. The number of rotatable bonds is 3. The average molecular weight is 289 g/mol. The fraction of sp³-hybridized carbons (Fsp3) is 0.333. The van der Waals surface area contributed by atoms with E-state index in [-0.39, 0.29) is 0 Å². The summed E-state index contributed by atoms with van der Waals surface area (Å²) in [5.74, 6) is 0.699. The zero-order valence-corrected chi connectivity index (χ0v) is 12.0. The second kappa shape index (κ2) is 4.67. The van der Waals surface area contributed by atoms with Crippen molar-refractivity contribution >= 4 is 38.8 Å². The second-order valence-corrected chi connectivity index (χ2v) is 7.96. The standard InChI is InChI=1S/C12H13ClO2S2/c1-8(2)16-6-9-7-17(14,15)12-4-3-10(13)5-11(9)12/h3-5,7-8H,6H2,1-2H3. The van der Waals surface area contributed by atoms with E-state index in [0.717, 1.165) is 11.1 Å². The predicted octanol–water partition coefficient (Wildman–Crippen LogP) is 3.61. The Morgan fingerprint density at radius 1 is 1.35 bits per heavy atom. The Balaban J connectivity index is 2.41. The molecule has 2 nitrogen and oxygen atoms in total. The monoisotopic (exact) mass is 288 g/mol. The summed E-state index contributed by atoms with van der Waals surface area (Å²) in [4.78, 5) is 0.376. The summed E-state index contributed by atoms with van der Waals surface area (Å²) in [5.41, 5.74) is 1.60. The molecule has 0 aromatic heterocycles. The van der Waals surface area contributed by atoms with E-state index in [4.69, 9.17) is 11.6 Å². The summed E-state index contributed by atoms with van der Waals surface area (Å²) in [5, 5.41) is 2.41. The SMILES string of the molecule is CC(C)SCC1=CS(=O)(=O)c2ccc(Cl)cc21. The summed E-state index contributed by atoms with van der Waals surface area (Å²) in [7, 11) is -3.25. The lowest BCUT2D eigenvalue weighted by atomic mass is 10.1. The van der Waals surface area contributed by atoms with Crippen molar-refractivity contribution < 1.29 is 8.42 Å². The van der Waals surface area contributed by atoms with Crippen molar-refractivity contribution in [2.45, 2.75) is 24.0 Å². The molecule has 1 aromatic carbocycles. The average Bonchev–Trinajstić information content (AvgIpc) is 2.47. The van der Waals surface area contributed by atoms with Crippen molar-refractivity contribution in [1.82, 2.24) is 0 Å². The maximum atomic E-state index is 11.9. The minimum atomic E-state index is -3.25. The highest BCUT2D eigenvalue weighted by Crippen LogP contribution is 2.37. The molecule has 0 radical (unpaired) electrons. The molecule has 5 heteroatoms. The summed E-state index contributed by atoms with van der Waals surface area (Å²) in [6.45, 7) is 4.18. The fourth-order valence-corrected chi connectivity index (χ4v) is 4.18. The van der Waals surface area contributed by atoms with Crippen LogP contribution in [0.5, 0.6) is 0 Å². The summed E-state index contributed by atoms with van der Waals surface area (Å²) in [6, 6.07) is 4.93. The number of sulfone groups is 1. The lowest BCUT2D eigenvalue weighted by Gasteiger charge is -2.07. The number of hydrogen-bond acceptors (Lipinski definition) is 3. The molecule has 1 heterocycles. The van der Waals surface area contributed by atoms with Crippen LogP contribution in [0.4, 0.5) is 0 Å². The van der Waals surface area contributed by atoms with Crippen LogP contribution in [0.15, 0.2) is 28.5 Å². The molecule has 1 aliphatic rings. The van der Waals surface area contributed by atoms with Gasteiger partial charge < -0.3 is 0 Å². The summed E-state index contributed by atoms with van der Waals surface area (Å²) < 4.78 is 23.8. The van der Waals surface area contributed by atoms with E-state index in [0.29, 0.717) is 20.9 Å². The van der Waals surface area contributed by atoms with E-state index < -0.39 is 9.84 Å². The first-order valence-electron chi connectivity index (χ1n) is 5.27. The van der Waals surface area contributed by atoms with Gasteiger partial charge in [0.15, 0.2) is 0 Å². The van der Waals surface area contributed by atoms with Gasteiger partial charge >= 0.3 is 0 Å². The predicted molar refractivity (Wildman–Crippen MR) is 74.2 cm³/mol. The largest absolute Gasteiger partial charge is 0.219 e. The molecule has 0 fully saturated rings. The number of halogens is 1. The van der Waals surface area contributed by atoms with E-state index in [9.17, 15) is 8.42 Å². The van der Waals surface area contributed by atoms with Gasteiger partial charge in [0.2, 0.25) is 9.84 Å². The van der Waals surface area contributed by atoms with E-state index in [1.54, 1.807) is 30.0 Å². The minimum absolute atomic E-state index is 0.376. The van der Waals surface area contributed by atoms with Crippen molar-refractivity contribution in [3.63, 3.8) is 0 Å². The van der Waals surface area contributed by atoms with Gasteiger partial charge in [-0.2, -0.15) is 11.8 Å². The van der Waals surface area contributed by atoms with Crippen LogP contribution < -0.4 is 0 Å². The van der Waals surface area contributed by atoms with Crippen LogP contribution in [-0.2, 0) is 9.84 Å². The molecule has 0 N–H and O–H groups in total. The molecular formula is C12H13ClO2S2. The quantitative estimate of drug-likeness (QED) is 0.852. The highest BCUT2D eigenvalue weighted by Gasteiger charge is 2.26. The number of benzene rings is 1. The van der Waals surface area contributed by atoms with Gasteiger partial charge in [-0.25, -0.2) is 8.42 Å². The van der Waals surface area contributed by atoms with Crippen LogP contribution in [0, 0.1) is 0 Å². The molecule has 92 valence electrons. The Bertz CT molecular complexity index is 574. The Morgan fingerprint density at radius 2 is 2.06 bits per heavy atom. The number of thioether (sulfide) groups is 1. The lowest BCUT2D eigenvalue weighted by Crippen LogP contribution is -1.93. The van der Waals surface area contributed by atoms with E-state index >= 15 is 0 Å². The van der Waals surface area contributed by atoms with Gasteiger partial charge in [0.25, 0.3) is 0 Å². The third-order valence-corrected chi connectivity index (χ3v) is 5.41. The van der Waals surface area contributed by atoms with E-state index in [1.807, 2.05) is 0 Å². The van der Waals surface area contributed by atoms with E-state index in [2.05, 4.69) is 13.8 Å². The molecule has 0 saturated heterocycles. The molecule has 17 heavy (non-hydrogen) atoms. The zero-order chi connectivity index (χ0) is 12.6. The molecule has 0 spiro atoms. The van der Waals surface area contributed by atoms with Gasteiger partial charge in [0.1, 0.15) is 0 Å². The fourth-order valence-electron chi connectivity index (χ4n) is 1.68.